The predicted molar refractivity (Wildman–Crippen MR) is 125 cm³/mol. The molecule has 0 N–H and O–H groups in total. The summed E-state index contributed by atoms with van der Waals surface area (Å²) in [6, 6.07) is 11.6. The topological polar surface area (TPSA) is 60.0 Å². The highest BCUT2D eigenvalue weighted by molar-refractivity contribution is 6.04. The molecular formula is C25H31N5O2. The van der Waals surface area contributed by atoms with Gasteiger partial charge in [-0.3, -0.25) is 9.59 Å². The third kappa shape index (κ3) is 3.70. The lowest BCUT2D eigenvalue weighted by Crippen LogP contribution is -2.55. The minimum absolute atomic E-state index is 0.0419. The van der Waals surface area contributed by atoms with Crippen molar-refractivity contribution in [3.8, 4) is 0 Å². The van der Waals surface area contributed by atoms with Crippen LogP contribution in [0.4, 0.5) is 11.5 Å². The maximum absolute atomic E-state index is 13.3. The number of nitrogens with zero attached hydrogens (tertiary/aromatic N) is 5. The zero-order valence-corrected chi connectivity index (χ0v) is 18.7. The molecule has 7 nitrogen and oxygen atoms in total. The molecule has 0 bridgehead atoms. The number of hydrogen-bond acceptors (Lipinski definition) is 5. The van der Waals surface area contributed by atoms with Gasteiger partial charge in [0.1, 0.15) is 12.0 Å². The molecule has 0 unspecified atom stereocenters. The van der Waals surface area contributed by atoms with Crippen LogP contribution in [-0.4, -0.2) is 72.0 Å². The molecule has 2 amide bonds. The Hall–Kier alpha value is -3.09. The molecule has 2 aromatic rings. The van der Waals surface area contributed by atoms with Crippen LogP contribution in [0.1, 0.15) is 53.3 Å². The van der Waals surface area contributed by atoms with Crippen molar-refractivity contribution >= 4 is 23.3 Å². The largest absolute Gasteiger partial charge is 0.353 e. The Morgan fingerprint density at radius 3 is 2.62 bits per heavy atom. The molecule has 3 aliphatic rings. The summed E-state index contributed by atoms with van der Waals surface area (Å²) in [5.74, 6) is 1.11. The van der Waals surface area contributed by atoms with Crippen LogP contribution in [0.15, 0.2) is 42.6 Å². The molecule has 1 aromatic heterocycles. The van der Waals surface area contributed by atoms with Gasteiger partial charge in [-0.2, -0.15) is 0 Å². The molecular weight excluding hydrogens is 402 g/mol. The average molecular weight is 434 g/mol. The number of aromatic nitrogens is 1. The minimum Gasteiger partial charge on any atom is -0.353 e. The Kier molecular flexibility index (Phi) is 5.72. The van der Waals surface area contributed by atoms with E-state index in [1.807, 2.05) is 46.2 Å². The Balaban J connectivity index is 1.35. The van der Waals surface area contributed by atoms with E-state index in [0.717, 1.165) is 62.5 Å². The number of rotatable bonds is 3. The van der Waals surface area contributed by atoms with Gasteiger partial charge in [-0.15, -0.1) is 0 Å². The lowest BCUT2D eigenvalue weighted by Gasteiger charge is -2.45. The highest BCUT2D eigenvalue weighted by Crippen LogP contribution is 2.35. The smallest absolute Gasteiger partial charge is 0.257 e. The van der Waals surface area contributed by atoms with Crippen molar-refractivity contribution in [3.05, 3.63) is 53.7 Å². The van der Waals surface area contributed by atoms with Crippen molar-refractivity contribution in [2.45, 2.75) is 38.8 Å². The van der Waals surface area contributed by atoms with Crippen LogP contribution < -0.4 is 9.80 Å². The Morgan fingerprint density at radius 2 is 1.88 bits per heavy atom. The van der Waals surface area contributed by atoms with E-state index >= 15 is 0 Å². The highest BCUT2D eigenvalue weighted by atomic mass is 16.2. The van der Waals surface area contributed by atoms with E-state index in [4.69, 9.17) is 0 Å². The standard InChI is InChI=1S/C25H31N5O2/c1-2-29-21-18-19(10-11-20(21)25(32)30-13-7-3-4-9-23(29)30)24(31)28-16-14-27(15-17-28)22-8-5-6-12-26-22/h5-6,8,10-12,18,23H,2-4,7,9,13-17H2,1H3/t23-/m1/s1. The Bertz CT molecular complexity index is 987. The monoisotopic (exact) mass is 433 g/mol. The second-order valence-electron chi connectivity index (χ2n) is 8.81. The first-order chi connectivity index (χ1) is 15.7. The fourth-order valence-corrected chi connectivity index (χ4v) is 5.29. The number of anilines is 2. The highest BCUT2D eigenvalue weighted by Gasteiger charge is 2.38. The fraction of sp³-hybridized carbons (Fsp3) is 0.480. The van der Waals surface area contributed by atoms with Crippen molar-refractivity contribution < 1.29 is 9.59 Å². The van der Waals surface area contributed by atoms with E-state index in [-0.39, 0.29) is 18.0 Å². The zero-order chi connectivity index (χ0) is 22.1. The van der Waals surface area contributed by atoms with Gasteiger partial charge in [0.25, 0.3) is 11.8 Å². The molecule has 5 rings (SSSR count). The number of piperazine rings is 1. The molecule has 2 saturated heterocycles. The summed E-state index contributed by atoms with van der Waals surface area (Å²) in [5.41, 5.74) is 2.31. The zero-order valence-electron chi connectivity index (χ0n) is 18.7. The van der Waals surface area contributed by atoms with Gasteiger partial charge in [0.15, 0.2) is 0 Å². The molecule has 0 radical (unpaired) electrons. The van der Waals surface area contributed by atoms with Crippen molar-refractivity contribution in [3.63, 3.8) is 0 Å². The summed E-state index contributed by atoms with van der Waals surface area (Å²) >= 11 is 0. The molecule has 7 heteroatoms. The first-order valence-electron chi connectivity index (χ1n) is 11.8. The molecule has 1 aromatic carbocycles. The van der Waals surface area contributed by atoms with Crippen LogP contribution in [0, 0.1) is 0 Å². The maximum Gasteiger partial charge on any atom is 0.257 e. The van der Waals surface area contributed by atoms with Gasteiger partial charge in [0.2, 0.25) is 0 Å². The van der Waals surface area contributed by atoms with Gasteiger partial charge in [-0.05, 0) is 56.5 Å². The number of pyridine rings is 1. The average Bonchev–Trinajstić information content (AvgIpc) is 3.11. The molecule has 32 heavy (non-hydrogen) atoms. The Morgan fingerprint density at radius 1 is 1.03 bits per heavy atom. The molecule has 0 saturated carbocycles. The molecule has 3 aliphatic heterocycles. The fourth-order valence-electron chi connectivity index (χ4n) is 5.29. The molecule has 1 atom stereocenters. The molecule has 4 heterocycles. The third-order valence-electron chi connectivity index (χ3n) is 7.01. The number of hydrogen-bond donors (Lipinski definition) is 0. The van der Waals surface area contributed by atoms with Gasteiger partial charge in [-0.25, -0.2) is 4.98 Å². The third-order valence-corrected chi connectivity index (χ3v) is 7.01. The van der Waals surface area contributed by atoms with Gasteiger partial charge in [-0.1, -0.05) is 12.5 Å². The number of fused-ring (bicyclic) bond motifs is 2. The lowest BCUT2D eigenvalue weighted by molar-refractivity contribution is 0.0654. The maximum atomic E-state index is 13.3. The number of benzene rings is 1. The van der Waals surface area contributed by atoms with Gasteiger partial charge in [0, 0.05) is 51.0 Å². The summed E-state index contributed by atoms with van der Waals surface area (Å²) in [6.07, 6.45) is 6.27. The summed E-state index contributed by atoms with van der Waals surface area (Å²) in [5, 5.41) is 0. The summed E-state index contributed by atoms with van der Waals surface area (Å²) in [6.45, 7) is 6.64. The van der Waals surface area contributed by atoms with Crippen molar-refractivity contribution in [1.82, 2.24) is 14.8 Å². The number of carbonyl (C=O) groups excluding carboxylic acids is 2. The first kappa shape index (κ1) is 20.8. The molecule has 168 valence electrons. The van der Waals surface area contributed by atoms with Crippen molar-refractivity contribution in [1.29, 1.82) is 0 Å². The molecule has 0 aliphatic carbocycles. The summed E-state index contributed by atoms with van der Waals surface area (Å²) in [4.78, 5) is 39.4. The van der Waals surface area contributed by atoms with E-state index in [1.54, 1.807) is 6.20 Å². The predicted octanol–water partition coefficient (Wildman–Crippen LogP) is 3.23. The second kappa shape index (κ2) is 8.81. The van der Waals surface area contributed by atoms with Crippen LogP contribution in [0.2, 0.25) is 0 Å². The van der Waals surface area contributed by atoms with Crippen LogP contribution in [0.25, 0.3) is 0 Å². The SMILES string of the molecule is CCN1c2cc(C(=O)N3CCN(c4ccccn4)CC3)ccc2C(=O)N2CCCCC[C@@H]21. The quantitative estimate of drug-likeness (QED) is 0.744. The minimum atomic E-state index is 0.0419. The van der Waals surface area contributed by atoms with E-state index in [2.05, 4.69) is 21.7 Å². The van der Waals surface area contributed by atoms with Crippen LogP contribution in [0.5, 0.6) is 0 Å². The lowest BCUT2D eigenvalue weighted by atomic mass is 10.0. The van der Waals surface area contributed by atoms with E-state index in [0.29, 0.717) is 18.7 Å². The second-order valence-corrected chi connectivity index (χ2v) is 8.81. The normalized spacial score (nSPS) is 21.2. The van der Waals surface area contributed by atoms with Gasteiger partial charge < -0.3 is 19.6 Å². The number of carbonyl (C=O) groups is 2. The van der Waals surface area contributed by atoms with Crippen LogP contribution >= 0.6 is 0 Å². The van der Waals surface area contributed by atoms with Crippen LogP contribution in [0.3, 0.4) is 0 Å². The summed E-state index contributed by atoms with van der Waals surface area (Å²) in [7, 11) is 0. The van der Waals surface area contributed by atoms with E-state index in [9.17, 15) is 9.59 Å². The van der Waals surface area contributed by atoms with Gasteiger partial charge >= 0.3 is 0 Å². The molecule has 0 spiro atoms. The van der Waals surface area contributed by atoms with E-state index in [1.165, 1.54) is 6.42 Å². The van der Waals surface area contributed by atoms with Gasteiger partial charge in [0.05, 0.1) is 11.3 Å². The Labute approximate surface area is 189 Å². The summed E-state index contributed by atoms with van der Waals surface area (Å²) < 4.78 is 0. The van der Waals surface area contributed by atoms with Crippen molar-refractivity contribution in [2.75, 3.05) is 49.1 Å². The first-order valence-corrected chi connectivity index (χ1v) is 11.8. The number of amides is 2. The van der Waals surface area contributed by atoms with Crippen molar-refractivity contribution in [2.24, 2.45) is 0 Å². The van der Waals surface area contributed by atoms with Crippen LogP contribution in [-0.2, 0) is 0 Å². The van der Waals surface area contributed by atoms with E-state index < -0.39 is 0 Å². The molecule has 2 fully saturated rings.